The first-order chi connectivity index (χ1) is 4.43. The Kier molecular flexibility index (Phi) is 5.60. The van der Waals surface area contributed by atoms with E-state index < -0.39 is 0 Å². The molecule has 1 saturated carbocycles. The van der Waals surface area contributed by atoms with Crippen LogP contribution in [0.3, 0.4) is 0 Å². The standard InChI is InChI=1S/C8H17N.FH/c1-2-9-8-6-4-3-5-7-8;/h8-9H,2-7H2,1H3;1H. The van der Waals surface area contributed by atoms with Crippen LogP contribution >= 0.6 is 0 Å². The molecule has 1 aliphatic carbocycles. The Balaban J connectivity index is 0.000000810. The van der Waals surface area contributed by atoms with E-state index in [2.05, 4.69) is 12.2 Å². The minimum atomic E-state index is 0. The van der Waals surface area contributed by atoms with Gasteiger partial charge >= 0.3 is 0 Å². The van der Waals surface area contributed by atoms with E-state index in [9.17, 15) is 0 Å². The molecule has 0 atom stereocenters. The molecule has 1 fully saturated rings. The molecule has 10 heavy (non-hydrogen) atoms. The lowest BCUT2D eigenvalue weighted by atomic mass is 9.96. The van der Waals surface area contributed by atoms with Gasteiger partial charge in [-0.2, -0.15) is 0 Å². The predicted molar refractivity (Wildman–Crippen MR) is 43.1 cm³/mol. The molecule has 0 aliphatic heterocycles. The van der Waals surface area contributed by atoms with Gasteiger partial charge in [0.25, 0.3) is 0 Å². The third-order valence-corrected chi connectivity index (χ3v) is 2.10. The van der Waals surface area contributed by atoms with E-state index >= 15 is 0 Å². The second-order valence-corrected chi connectivity index (χ2v) is 2.89. The van der Waals surface area contributed by atoms with E-state index in [4.69, 9.17) is 0 Å². The second-order valence-electron chi connectivity index (χ2n) is 2.89. The summed E-state index contributed by atoms with van der Waals surface area (Å²) in [6, 6.07) is 0.851. The zero-order valence-corrected chi connectivity index (χ0v) is 6.73. The molecule has 1 aliphatic rings. The van der Waals surface area contributed by atoms with E-state index in [1.807, 2.05) is 0 Å². The highest BCUT2D eigenvalue weighted by molar-refractivity contribution is 4.70. The average Bonchev–Trinajstić information content (AvgIpc) is 1.91. The molecule has 0 amide bonds. The lowest BCUT2D eigenvalue weighted by molar-refractivity contribution is 0.380. The summed E-state index contributed by atoms with van der Waals surface area (Å²) in [6.45, 7) is 3.33. The Morgan fingerprint density at radius 3 is 2.30 bits per heavy atom. The fourth-order valence-corrected chi connectivity index (χ4v) is 1.60. The number of hydrogen-bond acceptors (Lipinski definition) is 1. The quantitative estimate of drug-likeness (QED) is 0.630. The zero-order valence-electron chi connectivity index (χ0n) is 6.73. The predicted octanol–water partition coefficient (Wildman–Crippen LogP) is 2.08. The van der Waals surface area contributed by atoms with Crippen LogP contribution in [0.15, 0.2) is 0 Å². The van der Waals surface area contributed by atoms with Crippen LogP contribution in [0, 0.1) is 0 Å². The summed E-state index contributed by atoms with van der Waals surface area (Å²) in [5, 5.41) is 3.48. The Labute approximate surface area is 62.6 Å². The number of rotatable bonds is 2. The van der Waals surface area contributed by atoms with Crippen molar-refractivity contribution < 1.29 is 4.70 Å². The topological polar surface area (TPSA) is 12.0 Å². The van der Waals surface area contributed by atoms with Crippen molar-refractivity contribution in [3.63, 3.8) is 0 Å². The maximum Gasteiger partial charge on any atom is 0.00669 e. The van der Waals surface area contributed by atoms with E-state index in [-0.39, 0.29) is 4.70 Å². The molecule has 0 aromatic rings. The van der Waals surface area contributed by atoms with Gasteiger partial charge in [-0.05, 0) is 19.4 Å². The Bertz CT molecular complexity index is 66.9. The minimum Gasteiger partial charge on any atom is -0.314 e. The molecule has 0 aromatic heterocycles. The smallest absolute Gasteiger partial charge is 0.00669 e. The van der Waals surface area contributed by atoms with Gasteiger partial charge < -0.3 is 5.32 Å². The molecule has 1 N–H and O–H groups in total. The lowest BCUT2D eigenvalue weighted by Gasteiger charge is -2.21. The minimum absolute atomic E-state index is 0. The molecule has 0 aromatic carbocycles. The third kappa shape index (κ3) is 3.16. The van der Waals surface area contributed by atoms with Gasteiger partial charge in [0.05, 0.1) is 0 Å². The van der Waals surface area contributed by atoms with Crippen molar-refractivity contribution in [1.82, 2.24) is 5.32 Å². The number of halogens is 1. The summed E-state index contributed by atoms with van der Waals surface area (Å²) in [7, 11) is 0. The van der Waals surface area contributed by atoms with Crippen LogP contribution in [0.4, 0.5) is 4.70 Å². The van der Waals surface area contributed by atoms with E-state index in [0.29, 0.717) is 0 Å². The summed E-state index contributed by atoms with van der Waals surface area (Å²) in [4.78, 5) is 0. The van der Waals surface area contributed by atoms with Gasteiger partial charge in [-0.1, -0.05) is 26.2 Å². The first-order valence-electron chi connectivity index (χ1n) is 4.17. The summed E-state index contributed by atoms with van der Waals surface area (Å²) < 4.78 is 0. The van der Waals surface area contributed by atoms with Crippen LogP contribution in [-0.4, -0.2) is 12.6 Å². The molecular formula is C8H18FN. The number of nitrogens with one attached hydrogen (secondary N) is 1. The number of hydrogen-bond donors (Lipinski definition) is 1. The van der Waals surface area contributed by atoms with E-state index in [1.165, 1.54) is 32.1 Å². The van der Waals surface area contributed by atoms with Crippen LogP contribution in [-0.2, 0) is 0 Å². The van der Waals surface area contributed by atoms with Crippen LogP contribution in [0.5, 0.6) is 0 Å². The molecule has 0 radical (unpaired) electrons. The first-order valence-corrected chi connectivity index (χ1v) is 4.17. The van der Waals surface area contributed by atoms with Gasteiger partial charge in [0.2, 0.25) is 0 Å². The van der Waals surface area contributed by atoms with Crippen LogP contribution < -0.4 is 5.32 Å². The van der Waals surface area contributed by atoms with Gasteiger partial charge in [0, 0.05) is 6.04 Å². The van der Waals surface area contributed by atoms with Crippen molar-refractivity contribution in [1.29, 1.82) is 0 Å². The summed E-state index contributed by atoms with van der Waals surface area (Å²) >= 11 is 0. The maximum absolute atomic E-state index is 3.48. The highest BCUT2D eigenvalue weighted by atomic mass is 19.0. The molecule has 62 valence electrons. The maximum atomic E-state index is 3.48. The molecule has 0 saturated heterocycles. The van der Waals surface area contributed by atoms with Crippen molar-refractivity contribution in [2.24, 2.45) is 0 Å². The second kappa shape index (κ2) is 5.66. The summed E-state index contributed by atoms with van der Waals surface area (Å²) in [6.07, 6.45) is 7.17. The van der Waals surface area contributed by atoms with Gasteiger partial charge in [-0.25, -0.2) is 0 Å². The normalized spacial score (nSPS) is 20.1. The van der Waals surface area contributed by atoms with E-state index in [1.54, 1.807) is 0 Å². The Morgan fingerprint density at radius 1 is 1.20 bits per heavy atom. The van der Waals surface area contributed by atoms with Crippen molar-refractivity contribution in [2.45, 2.75) is 45.1 Å². The van der Waals surface area contributed by atoms with Crippen molar-refractivity contribution in [3.05, 3.63) is 0 Å². The highest BCUT2D eigenvalue weighted by Crippen LogP contribution is 2.16. The van der Waals surface area contributed by atoms with Crippen molar-refractivity contribution >= 4 is 0 Å². The van der Waals surface area contributed by atoms with Gasteiger partial charge in [0.15, 0.2) is 0 Å². The highest BCUT2D eigenvalue weighted by Gasteiger charge is 2.10. The SMILES string of the molecule is CCNC1CCCCC1.F. The zero-order chi connectivity index (χ0) is 6.53. The Hall–Kier alpha value is -0.110. The summed E-state index contributed by atoms with van der Waals surface area (Å²) in [5.41, 5.74) is 0. The van der Waals surface area contributed by atoms with Gasteiger partial charge in [0.1, 0.15) is 0 Å². The fourth-order valence-electron chi connectivity index (χ4n) is 1.60. The first kappa shape index (κ1) is 9.89. The van der Waals surface area contributed by atoms with Crippen LogP contribution in [0.2, 0.25) is 0 Å². The molecule has 0 heterocycles. The van der Waals surface area contributed by atoms with Gasteiger partial charge in [-0.15, -0.1) is 0 Å². The molecule has 1 rings (SSSR count). The molecule has 2 heteroatoms. The van der Waals surface area contributed by atoms with Crippen molar-refractivity contribution in [3.8, 4) is 0 Å². The molecule has 0 spiro atoms. The monoisotopic (exact) mass is 147 g/mol. The average molecular weight is 147 g/mol. The van der Waals surface area contributed by atoms with Crippen LogP contribution in [0.25, 0.3) is 0 Å². The largest absolute Gasteiger partial charge is 0.314 e. The molecule has 1 nitrogen and oxygen atoms in total. The lowest BCUT2D eigenvalue weighted by Crippen LogP contribution is -2.30. The van der Waals surface area contributed by atoms with E-state index in [0.717, 1.165) is 12.6 Å². The summed E-state index contributed by atoms with van der Waals surface area (Å²) in [5.74, 6) is 0. The molecular weight excluding hydrogens is 129 g/mol. The fraction of sp³-hybridized carbons (Fsp3) is 1.00. The molecule has 0 unspecified atom stereocenters. The van der Waals surface area contributed by atoms with Crippen molar-refractivity contribution in [2.75, 3.05) is 6.54 Å². The third-order valence-electron chi connectivity index (χ3n) is 2.10. The Morgan fingerprint density at radius 2 is 1.80 bits per heavy atom. The molecule has 0 bridgehead atoms. The van der Waals surface area contributed by atoms with Gasteiger partial charge in [-0.3, -0.25) is 4.70 Å². The van der Waals surface area contributed by atoms with Crippen LogP contribution in [0.1, 0.15) is 39.0 Å².